The quantitative estimate of drug-likeness (QED) is 0.619. The van der Waals surface area contributed by atoms with Crippen molar-refractivity contribution in [1.29, 1.82) is 0 Å². The maximum Gasteiger partial charge on any atom is 0.356 e. The van der Waals surface area contributed by atoms with Gasteiger partial charge in [0.1, 0.15) is 0 Å². The minimum atomic E-state index is -4.25. The first-order valence-corrected chi connectivity index (χ1v) is 6.72. The van der Waals surface area contributed by atoms with Crippen LogP contribution in [0.5, 0.6) is 0 Å². The van der Waals surface area contributed by atoms with Crippen molar-refractivity contribution in [3.05, 3.63) is 29.3 Å². The molecule has 0 saturated heterocycles. The Morgan fingerprint density at radius 2 is 2.00 bits per heavy atom. The molecule has 1 aromatic rings. The summed E-state index contributed by atoms with van der Waals surface area (Å²) < 4.78 is 11.5. The Labute approximate surface area is 95.7 Å². The molecule has 0 atom stereocenters. The van der Waals surface area contributed by atoms with Gasteiger partial charge in [-0.2, -0.15) is 0 Å². The van der Waals surface area contributed by atoms with E-state index in [0.29, 0.717) is 17.5 Å². The predicted molar refractivity (Wildman–Crippen MR) is 64.7 cm³/mol. The molecule has 0 spiro atoms. The fourth-order valence-corrected chi connectivity index (χ4v) is 2.83. The zero-order chi connectivity index (χ0) is 12.2. The van der Waals surface area contributed by atoms with Gasteiger partial charge in [0.25, 0.3) is 0 Å². The lowest BCUT2D eigenvalue weighted by Crippen LogP contribution is -2.16. The SMILES string of the molecule is C#CCc1cccc(CCC)c1P(=O)(O)O. The average molecular weight is 238 g/mol. The molecular formula is C12H15O3P. The van der Waals surface area contributed by atoms with Crippen LogP contribution in [0.4, 0.5) is 0 Å². The van der Waals surface area contributed by atoms with Crippen molar-refractivity contribution >= 4 is 12.9 Å². The number of hydrogen-bond donors (Lipinski definition) is 2. The van der Waals surface area contributed by atoms with Gasteiger partial charge in [-0.05, 0) is 17.5 Å². The number of terminal acetylenes is 1. The fraction of sp³-hybridized carbons (Fsp3) is 0.333. The maximum atomic E-state index is 11.5. The highest BCUT2D eigenvalue weighted by Crippen LogP contribution is 2.36. The van der Waals surface area contributed by atoms with Crippen molar-refractivity contribution in [2.24, 2.45) is 0 Å². The Balaban J connectivity index is 3.36. The molecule has 1 aromatic carbocycles. The molecule has 4 heteroatoms. The summed E-state index contributed by atoms with van der Waals surface area (Å²) in [5.41, 5.74) is 1.25. The second kappa shape index (κ2) is 5.32. The lowest BCUT2D eigenvalue weighted by Gasteiger charge is -2.14. The third kappa shape index (κ3) is 2.96. The molecule has 0 unspecified atom stereocenters. The van der Waals surface area contributed by atoms with Crippen LogP contribution in [0.15, 0.2) is 18.2 Å². The Bertz CT molecular complexity index is 454. The Kier molecular flexibility index (Phi) is 4.32. The summed E-state index contributed by atoms with van der Waals surface area (Å²) in [6.07, 6.45) is 6.93. The number of aryl methyl sites for hydroxylation is 1. The zero-order valence-electron chi connectivity index (χ0n) is 9.18. The molecule has 0 aromatic heterocycles. The van der Waals surface area contributed by atoms with Crippen LogP contribution >= 0.6 is 7.60 Å². The molecule has 86 valence electrons. The van der Waals surface area contributed by atoms with Gasteiger partial charge >= 0.3 is 7.60 Å². The maximum absolute atomic E-state index is 11.5. The van der Waals surface area contributed by atoms with E-state index in [2.05, 4.69) is 5.92 Å². The van der Waals surface area contributed by atoms with E-state index < -0.39 is 7.60 Å². The van der Waals surface area contributed by atoms with Crippen LogP contribution in [0.1, 0.15) is 24.5 Å². The Hall–Kier alpha value is -1.07. The molecule has 0 amide bonds. The van der Waals surface area contributed by atoms with Crippen LogP contribution in [-0.2, 0) is 17.4 Å². The van der Waals surface area contributed by atoms with Crippen LogP contribution in [0.2, 0.25) is 0 Å². The van der Waals surface area contributed by atoms with Gasteiger partial charge in [0.2, 0.25) is 0 Å². The highest BCUT2D eigenvalue weighted by Gasteiger charge is 2.24. The second-order valence-corrected chi connectivity index (χ2v) is 5.14. The van der Waals surface area contributed by atoms with E-state index in [1.165, 1.54) is 0 Å². The van der Waals surface area contributed by atoms with E-state index in [1.54, 1.807) is 18.2 Å². The van der Waals surface area contributed by atoms with E-state index in [-0.39, 0.29) is 11.7 Å². The molecule has 0 fully saturated rings. The van der Waals surface area contributed by atoms with Crippen LogP contribution in [0, 0.1) is 12.3 Å². The first kappa shape index (κ1) is 13.0. The van der Waals surface area contributed by atoms with Crippen LogP contribution in [0.25, 0.3) is 0 Å². The number of rotatable bonds is 4. The normalized spacial score (nSPS) is 11.1. The van der Waals surface area contributed by atoms with E-state index in [0.717, 1.165) is 6.42 Å². The van der Waals surface area contributed by atoms with Crippen LogP contribution in [0.3, 0.4) is 0 Å². The van der Waals surface area contributed by atoms with Gasteiger partial charge in [-0.3, -0.25) is 4.57 Å². The highest BCUT2D eigenvalue weighted by molar-refractivity contribution is 7.60. The van der Waals surface area contributed by atoms with Gasteiger partial charge in [0, 0.05) is 6.42 Å². The molecule has 2 N–H and O–H groups in total. The molecule has 0 saturated carbocycles. The van der Waals surface area contributed by atoms with Gasteiger partial charge in [-0.15, -0.1) is 12.3 Å². The van der Waals surface area contributed by atoms with Crippen LogP contribution in [-0.4, -0.2) is 9.79 Å². The van der Waals surface area contributed by atoms with Gasteiger partial charge in [-0.1, -0.05) is 31.5 Å². The topological polar surface area (TPSA) is 57.5 Å². The molecular weight excluding hydrogens is 223 g/mol. The predicted octanol–water partition coefficient (Wildman–Crippen LogP) is 1.62. The summed E-state index contributed by atoms with van der Waals surface area (Å²) in [6, 6.07) is 5.21. The lowest BCUT2D eigenvalue weighted by atomic mass is 10.0. The Morgan fingerprint density at radius 3 is 2.50 bits per heavy atom. The first-order valence-electron chi connectivity index (χ1n) is 5.11. The second-order valence-electron chi connectivity index (χ2n) is 3.60. The minimum Gasteiger partial charge on any atom is -0.321 e. The standard InChI is InChI=1S/C12H15O3P/c1-3-6-10-8-5-9-11(7-4-2)12(10)16(13,14)15/h1,5,8-9H,4,6-7H2,2H3,(H2,13,14,15). The molecule has 0 radical (unpaired) electrons. The summed E-state index contributed by atoms with van der Waals surface area (Å²) in [4.78, 5) is 18.7. The fourth-order valence-electron chi connectivity index (χ4n) is 1.74. The van der Waals surface area contributed by atoms with E-state index in [1.807, 2.05) is 6.92 Å². The smallest absolute Gasteiger partial charge is 0.321 e. The summed E-state index contributed by atoms with van der Waals surface area (Å²) in [5, 5.41) is 0.120. The lowest BCUT2D eigenvalue weighted by molar-refractivity contribution is 0.387. The average Bonchev–Trinajstić information content (AvgIpc) is 2.17. The summed E-state index contributed by atoms with van der Waals surface area (Å²) in [5.74, 6) is 2.42. The molecule has 0 heterocycles. The van der Waals surface area contributed by atoms with Gasteiger partial charge in [-0.25, -0.2) is 0 Å². The van der Waals surface area contributed by atoms with Crippen molar-refractivity contribution in [3.8, 4) is 12.3 Å². The molecule has 3 nitrogen and oxygen atoms in total. The third-order valence-corrected chi connectivity index (χ3v) is 3.46. The van der Waals surface area contributed by atoms with E-state index in [4.69, 9.17) is 6.42 Å². The van der Waals surface area contributed by atoms with E-state index >= 15 is 0 Å². The van der Waals surface area contributed by atoms with Crippen molar-refractivity contribution in [3.63, 3.8) is 0 Å². The third-order valence-electron chi connectivity index (χ3n) is 2.31. The largest absolute Gasteiger partial charge is 0.356 e. The first-order chi connectivity index (χ1) is 7.50. The molecule has 0 aliphatic rings. The summed E-state index contributed by atoms with van der Waals surface area (Å²) in [6.45, 7) is 1.97. The van der Waals surface area contributed by atoms with Crippen molar-refractivity contribution in [1.82, 2.24) is 0 Å². The van der Waals surface area contributed by atoms with Gasteiger partial charge < -0.3 is 9.79 Å². The molecule has 0 aliphatic heterocycles. The van der Waals surface area contributed by atoms with Gasteiger partial charge in [0.15, 0.2) is 0 Å². The molecule has 16 heavy (non-hydrogen) atoms. The highest BCUT2D eigenvalue weighted by atomic mass is 31.2. The van der Waals surface area contributed by atoms with Crippen molar-refractivity contribution in [2.75, 3.05) is 0 Å². The van der Waals surface area contributed by atoms with Crippen molar-refractivity contribution < 1.29 is 14.4 Å². The molecule has 0 bridgehead atoms. The number of benzene rings is 1. The zero-order valence-corrected chi connectivity index (χ0v) is 10.1. The summed E-state index contributed by atoms with van der Waals surface area (Å²) in [7, 11) is -4.25. The molecule has 0 aliphatic carbocycles. The monoisotopic (exact) mass is 238 g/mol. The van der Waals surface area contributed by atoms with Gasteiger partial charge in [0.05, 0.1) is 5.30 Å². The summed E-state index contributed by atoms with van der Waals surface area (Å²) >= 11 is 0. The van der Waals surface area contributed by atoms with Crippen molar-refractivity contribution in [2.45, 2.75) is 26.2 Å². The van der Waals surface area contributed by atoms with Crippen LogP contribution < -0.4 is 5.30 Å². The Morgan fingerprint density at radius 1 is 1.38 bits per heavy atom. The van der Waals surface area contributed by atoms with E-state index in [9.17, 15) is 14.4 Å². The minimum absolute atomic E-state index is 0.120. The number of hydrogen-bond acceptors (Lipinski definition) is 1. The molecule has 1 rings (SSSR count).